The van der Waals surface area contributed by atoms with E-state index in [1.807, 2.05) is 12.1 Å². The highest BCUT2D eigenvalue weighted by atomic mass is 35.5. The molecule has 2 aromatic carbocycles. The molecule has 0 atom stereocenters. The van der Waals surface area contributed by atoms with E-state index in [1.54, 1.807) is 17.0 Å². The molecule has 158 valence electrons. The molecule has 0 N–H and O–H groups in total. The number of likely N-dealkylation sites (tertiary alicyclic amines) is 1. The number of ether oxygens (including phenoxy) is 1. The average molecular weight is 438 g/mol. The average Bonchev–Trinajstić information content (AvgIpc) is 2.98. The minimum absolute atomic E-state index is 0.0995. The Hall–Kier alpha value is -2.54. The molecule has 8 heteroatoms. The van der Waals surface area contributed by atoms with Crippen molar-refractivity contribution >= 4 is 23.5 Å². The fraction of sp³-hybridized carbons (Fsp3) is 0.364. The summed E-state index contributed by atoms with van der Waals surface area (Å²) in [6, 6.07) is 11.0. The molecule has 4 nitrogen and oxygen atoms in total. The van der Waals surface area contributed by atoms with E-state index in [4.69, 9.17) is 16.3 Å². The molecule has 0 aromatic heterocycles. The first-order valence-electron chi connectivity index (χ1n) is 9.66. The molecule has 0 bridgehead atoms. The monoisotopic (exact) mass is 437 g/mol. The smallest absolute Gasteiger partial charge is 0.417 e. The van der Waals surface area contributed by atoms with E-state index in [9.17, 15) is 22.8 Å². The molecule has 0 saturated carbocycles. The standard InChI is InChI=1S/C22H19ClF3NO3/c23-18-7-5-14(13-17(18)22(24,25)26)6-8-19(28)27-11-9-21(10-12-27)16-4-2-1-3-15(16)20(29)30-21/h1-5,7,13H,6,8-12H2. The first kappa shape index (κ1) is 20.7. The summed E-state index contributed by atoms with van der Waals surface area (Å²) < 4.78 is 44.7. The van der Waals surface area contributed by atoms with Crippen LogP contribution in [0.1, 0.15) is 46.3 Å². The highest BCUT2D eigenvalue weighted by molar-refractivity contribution is 6.31. The number of hydrogen-bond donors (Lipinski definition) is 0. The predicted molar refractivity (Wildman–Crippen MR) is 104 cm³/mol. The Bertz CT molecular complexity index is 997. The zero-order valence-corrected chi connectivity index (χ0v) is 16.7. The normalized spacial score (nSPS) is 17.7. The van der Waals surface area contributed by atoms with Crippen molar-refractivity contribution in [3.63, 3.8) is 0 Å². The van der Waals surface area contributed by atoms with Crippen LogP contribution in [-0.2, 0) is 27.7 Å². The van der Waals surface area contributed by atoms with Crippen molar-refractivity contribution in [2.45, 2.75) is 37.5 Å². The quantitative estimate of drug-likeness (QED) is 0.636. The number of alkyl halides is 3. The maximum absolute atomic E-state index is 13.0. The van der Waals surface area contributed by atoms with Gasteiger partial charge < -0.3 is 9.64 Å². The van der Waals surface area contributed by atoms with Crippen LogP contribution in [0.3, 0.4) is 0 Å². The maximum atomic E-state index is 13.0. The van der Waals surface area contributed by atoms with Gasteiger partial charge >= 0.3 is 12.1 Å². The molecule has 2 aliphatic heterocycles. The predicted octanol–water partition coefficient (Wildman–Crippen LogP) is 4.98. The molecule has 0 radical (unpaired) electrons. The van der Waals surface area contributed by atoms with Gasteiger partial charge in [0.05, 0.1) is 16.1 Å². The van der Waals surface area contributed by atoms with Crippen molar-refractivity contribution in [1.82, 2.24) is 4.90 Å². The van der Waals surface area contributed by atoms with Gasteiger partial charge in [0.15, 0.2) is 0 Å². The summed E-state index contributed by atoms with van der Waals surface area (Å²) in [4.78, 5) is 26.4. The number of amides is 1. The molecule has 0 aliphatic carbocycles. The second kappa shape index (κ2) is 7.61. The van der Waals surface area contributed by atoms with E-state index in [0.717, 1.165) is 11.6 Å². The van der Waals surface area contributed by atoms with Gasteiger partial charge in [-0.05, 0) is 30.2 Å². The summed E-state index contributed by atoms with van der Waals surface area (Å²) in [5.74, 6) is -0.473. The van der Waals surface area contributed by atoms with Crippen LogP contribution < -0.4 is 0 Å². The molecule has 30 heavy (non-hydrogen) atoms. The van der Waals surface area contributed by atoms with Gasteiger partial charge in [-0.1, -0.05) is 35.9 Å². The van der Waals surface area contributed by atoms with Crippen LogP contribution in [0, 0.1) is 0 Å². The zero-order valence-electron chi connectivity index (χ0n) is 16.0. The first-order chi connectivity index (χ1) is 14.2. The lowest BCUT2D eigenvalue weighted by Gasteiger charge is -2.38. The van der Waals surface area contributed by atoms with Crippen LogP contribution >= 0.6 is 11.6 Å². The van der Waals surface area contributed by atoms with Crippen molar-refractivity contribution in [3.05, 3.63) is 69.7 Å². The number of fused-ring (bicyclic) bond motifs is 2. The van der Waals surface area contributed by atoms with E-state index >= 15 is 0 Å². The molecule has 1 fully saturated rings. The van der Waals surface area contributed by atoms with Crippen molar-refractivity contribution in [1.29, 1.82) is 0 Å². The maximum Gasteiger partial charge on any atom is 0.417 e. The second-order valence-corrected chi connectivity index (χ2v) is 8.03. The molecular weight excluding hydrogens is 419 g/mol. The molecule has 2 heterocycles. The minimum atomic E-state index is -4.53. The van der Waals surface area contributed by atoms with Gasteiger partial charge in [0.25, 0.3) is 0 Å². The van der Waals surface area contributed by atoms with Crippen LogP contribution in [0.5, 0.6) is 0 Å². The minimum Gasteiger partial charge on any atom is -0.450 e. The van der Waals surface area contributed by atoms with Gasteiger partial charge in [0.1, 0.15) is 5.60 Å². The molecule has 2 aliphatic rings. The van der Waals surface area contributed by atoms with Gasteiger partial charge in [-0.15, -0.1) is 0 Å². The molecule has 0 unspecified atom stereocenters. The fourth-order valence-corrected chi connectivity index (χ4v) is 4.41. The number of carbonyl (C=O) groups excluding carboxylic acids is 2. The molecule has 1 spiro atoms. The molecule has 2 aromatic rings. The highest BCUT2D eigenvalue weighted by Crippen LogP contribution is 2.44. The number of hydrogen-bond acceptors (Lipinski definition) is 3. The number of aryl methyl sites for hydroxylation is 1. The second-order valence-electron chi connectivity index (χ2n) is 7.62. The Labute approximate surface area is 176 Å². The van der Waals surface area contributed by atoms with Crippen molar-refractivity contribution in [2.75, 3.05) is 13.1 Å². The summed E-state index contributed by atoms with van der Waals surface area (Å²) >= 11 is 5.64. The molecule has 4 rings (SSSR count). The van der Waals surface area contributed by atoms with Crippen LogP contribution in [0.15, 0.2) is 42.5 Å². The fourth-order valence-electron chi connectivity index (χ4n) is 4.19. The van der Waals surface area contributed by atoms with Gasteiger partial charge in [0.2, 0.25) is 5.91 Å². The Morgan fingerprint density at radius 2 is 1.83 bits per heavy atom. The lowest BCUT2D eigenvalue weighted by molar-refractivity contribution is -0.137. The highest BCUT2D eigenvalue weighted by Gasteiger charge is 2.47. The van der Waals surface area contributed by atoms with Gasteiger partial charge in [-0.3, -0.25) is 4.79 Å². The van der Waals surface area contributed by atoms with Crippen LogP contribution in [0.2, 0.25) is 5.02 Å². The topological polar surface area (TPSA) is 46.6 Å². The van der Waals surface area contributed by atoms with E-state index in [0.29, 0.717) is 37.1 Å². The van der Waals surface area contributed by atoms with Crippen molar-refractivity contribution in [2.24, 2.45) is 0 Å². The Balaban J connectivity index is 1.38. The number of esters is 1. The Morgan fingerprint density at radius 1 is 1.13 bits per heavy atom. The molecular formula is C22H19ClF3NO3. The number of carbonyl (C=O) groups is 2. The van der Waals surface area contributed by atoms with Gasteiger partial charge in [0, 0.05) is 37.9 Å². The third kappa shape index (κ3) is 3.78. The zero-order chi connectivity index (χ0) is 21.5. The Morgan fingerprint density at radius 3 is 2.53 bits per heavy atom. The first-order valence-corrected chi connectivity index (χ1v) is 10.0. The summed E-state index contributed by atoms with van der Waals surface area (Å²) in [5, 5.41) is -0.356. The van der Waals surface area contributed by atoms with Gasteiger partial charge in [-0.2, -0.15) is 13.2 Å². The summed E-state index contributed by atoms with van der Waals surface area (Å²) in [6.45, 7) is 0.851. The van der Waals surface area contributed by atoms with Crippen molar-refractivity contribution in [3.8, 4) is 0 Å². The lowest BCUT2D eigenvalue weighted by atomic mass is 9.83. The van der Waals surface area contributed by atoms with Crippen LogP contribution in [0.25, 0.3) is 0 Å². The van der Waals surface area contributed by atoms with Crippen LogP contribution in [-0.4, -0.2) is 29.9 Å². The van der Waals surface area contributed by atoms with E-state index in [1.165, 1.54) is 12.1 Å². The number of nitrogens with zero attached hydrogens (tertiary/aromatic N) is 1. The van der Waals surface area contributed by atoms with Crippen molar-refractivity contribution < 1.29 is 27.5 Å². The summed E-state index contributed by atoms with van der Waals surface area (Å²) in [6.07, 6.45) is -3.24. The Kier molecular flexibility index (Phi) is 5.26. The largest absolute Gasteiger partial charge is 0.450 e. The third-order valence-corrected chi connectivity index (χ3v) is 6.14. The molecule has 1 amide bonds. The lowest BCUT2D eigenvalue weighted by Crippen LogP contribution is -2.45. The SMILES string of the molecule is O=C1OC2(CCN(C(=O)CCc3ccc(Cl)c(C(F)(F)F)c3)CC2)c2ccccc21. The van der Waals surface area contributed by atoms with E-state index in [-0.39, 0.29) is 29.7 Å². The summed E-state index contributed by atoms with van der Waals surface area (Å²) in [7, 11) is 0. The third-order valence-electron chi connectivity index (χ3n) is 5.81. The summed E-state index contributed by atoms with van der Waals surface area (Å²) in [5.41, 5.74) is 0.258. The van der Waals surface area contributed by atoms with Gasteiger partial charge in [-0.25, -0.2) is 4.79 Å². The van der Waals surface area contributed by atoms with Crippen LogP contribution in [0.4, 0.5) is 13.2 Å². The van der Waals surface area contributed by atoms with E-state index < -0.39 is 17.3 Å². The number of halogens is 4. The number of benzene rings is 2. The number of rotatable bonds is 3. The van der Waals surface area contributed by atoms with E-state index in [2.05, 4.69) is 0 Å². The number of piperidine rings is 1. The molecule has 1 saturated heterocycles.